The molecule has 2 aromatic rings. The summed E-state index contributed by atoms with van der Waals surface area (Å²) in [6.07, 6.45) is 0.842. The van der Waals surface area contributed by atoms with E-state index in [1.807, 2.05) is 0 Å². The zero-order chi connectivity index (χ0) is 21.8. The van der Waals surface area contributed by atoms with Crippen LogP contribution < -0.4 is 10.6 Å². The van der Waals surface area contributed by atoms with Crippen LogP contribution in [0.3, 0.4) is 0 Å². The molecule has 0 aliphatic carbocycles. The molecule has 1 unspecified atom stereocenters. The lowest BCUT2D eigenvalue weighted by atomic mass is 10.1. The Balaban J connectivity index is 1.60. The standard InChI is InChI=1S/C20H17Cl4N3O3/c21-12-2-1-11(15(23)9-12)7-8-25-19(29)17-5-6-18(28)27(17)20(30)26-13-3-4-14(22)16(24)10-13/h1-4,9-10,17H,5-8H2,(H,25,29)(H,26,30). The topological polar surface area (TPSA) is 78.5 Å². The van der Waals surface area contributed by atoms with Crippen molar-refractivity contribution in [2.75, 3.05) is 11.9 Å². The number of amides is 4. The maximum atomic E-state index is 12.6. The minimum Gasteiger partial charge on any atom is -0.354 e. The minimum atomic E-state index is -0.888. The summed E-state index contributed by atoms with van der Waals surface area (Å²) < 4.78 is 0. The summed E-state index contributed by atoms with van der Waals surface area (Å²) in [5.41, 5.74) is 1.20. The first-order valence-electron chi connectivity index (χ1n) is 9.06. The van der Waals surface area contributed by atoms with Crippen molar-refractivity contribution in [1.82, 2.24) is 10.2 Å². The molecule has 0 aromatic heterocycles. The summed E-state index contributed by atoms with van der Waals surface area (Å²) in [4.78, 5) is 38.4. The largest absolute Gasteiger partial charge is 0.354 e. The summed E-state index contributed by atoms with van der Waals surface area (Å²) in [7, 11) is 0. The van der Waals surface area contributed by atoms with E-state index in [0.717, 1.165) is 10.5 Å². The van der Waals surface area contributed by atoms with Gasteiger partial charge in [0.25, 0.3) is 0 Å². The van der Waals surface area contributed by atoms with Gasteiger partial charge in [0.2, 0.25) is 11.8 Å². The molecule has 158 valence electrons. The van der Waals surface area contributed by atoms with Crippen molar-refractivity contribution in [3.8, 4) is 0 Å². The van der Waals surface area contributed by atoms with Gasteiger partial charge in [-0.05, 0) is 48.7 Å². The fraction of sp³-hybridized carbons (Fsp3) is 0.250. The van der Waals surface area contributed by atoms with Crippen LogP contribution in [0.4, 0.5) is 10.5 Å². The van der Waals surface area contributed by atoms with E-state index in [1.54, 1.807) is 24.3 Å². The monoisotopic (exact) mass is 487 g/mol. The molecule has 1 saturated heterocycles. The molecule has 2 aromatic carbocycles. The molecule has 10 heteroatoms. The first-order chi connectivity index (χ1) is 14.3. The number of urea groups is 1. The number of halogens is 4. The SMILES string of the molecule is O=C(NCCc1ccc(Cl)cc1Cl)C1CCC(=O)N1C(=O)Nc1ccc(Cl)c(Cl)c1. The molecule has 0 saturated carbocycles. The van der Waals surface area contributed by atoms with E-state index in [0.29, 0.717) is 33.7 Å². The van der Waals surface area contributed by atoms with E-state index in [2.05, 4.69) is 10.6 Å². The van der Waals surface area contributed by atoms with Gasteiger partial charge in [0.15, 0.2) is 0 Å². The molecule has 0 spiro atoms. The molecule has 4 amide bonds. The number of likely N-dealkylation sites (tertiary alicyclic amines) is 1. The van der Waals surface area contributed by atoms with Crippen molar-refractivity contribution < 1.29 is 14.4 Å². The molecule has 1 aliphatic rings. The highest BCUT2D eigenvalue weighted by Gasteiger charge is 2.40. The number of hydrogen-bond acceptors (Lipinski definition) is 3. The van der Waals surface area contributed by atoms with Crippen molar-refractivity contribution >= 4 is 69.9 Å². The second-order valence-corrected chi connectivity index (χ2v) is 8.31. The third-order valence-corrected chi connectivity index (χ3v) is 5.94. The van der Waals surface area contributed by atoms with Crippen molar-refractivity contribution in [2.24, 2.45) is 0 Å². The van der Waals surface area contributed by atoms with Gasteiger partial charge >= 0.3 is 6.03 Å². The molecule has 3 rings (SSSR count). The first kappa shape index (κ1) is 22.7. The van der Waals surface area contributed by atoms with Gasteiger partial charge in [-0.3, -0.25) is 14.5 Å². The Morgan fingerprint density at radius 3 is 2.47 bits per heavy atom. The molecule has 2 N–H and O–H groups in total. The lowest BCUT2D eigenvalue weighted by Gasteiger charge is -2.22. The van der Waals surface area contributed by atoms with Gasteiger partial charge in [0.05, 0.1) is 10.0 Å². The fourth-order valence-electron chi connectivity index (χ4n) is 3.11. The molecular weight excluding hydrogens is 472 g/mol. The Bertz CT molecular complexity index is 999. The van der Waals surface area contributed by atoms with Crippen LogP contribution in [-0.2, 0) is 16.0 Å². The second-order valence-electron chi connectivity index (χ2n) is 6.65. The minimum absolute atomic E-state index is 0.107. The van der Waals surface area contributed by atoms with Crippen molar-refractivity contribution in [3.05, 3.63) is 62.1 Å². The number of anilines is 1. The van der Waals surface area contributed by atoms with Crippen LogP contribution in [0.2, 0.25) is 20.1 Å². The van der Waals surface area contributed by atoms with Crippen LogP contribution >= 0.6 is 46.4 Å². The Kier molecular flexibility index (Phi) is 7.47. The van der Waals surface area contributed by atoms with Crippen LogP contribution in [0.15, 0.2) is 36.4 Å². The predicted octanol–water partition coefficient (Wildman–Crippen LogP) is 5.18. The van der Waals surface area contributed by atoms with Crippen molar-refractivity contribution in [2.45, 2.75) is 25.3 Å². The first-order valence-corrected chi connectivity index (χ1v) is 10.6. The number of benzene rings is 2. The summed E-state index contributed by atoms with van der Waals surface area (Å²) in [5, 5.41) is 6.97. The smallest absolute Gasteiger partial charge is 0.329 e. The summed E-state index contributed by atoms with van der Waals surface area (Å²) in [5.74, 6) is -0.830. The lowest BCUT2D eigenvalue weighted by molar-refractivity contribution is -0.132. The number of imide groups is 1. The number of hydrogen-bond donors (Lipinski definition) is 2. The average molecular weight is 489 g/mol. The number of nitrogens with zero attached hydrogens (tertiary/aromatic N) is 1. The molecule has 1 aliphatic heterocycles. The van der Waals surface area contributed by atoms with Crippen LogP contribution in [0.1, 0.15) is 18.4 Å². The van der Waals surface area contributed by atoms with Gasteiger partial charge in [0.1, 0.15) is 6.04 Å². The second kappa shape index (κ2) is 9.88. The Morgan fingerprint density at radius 2 is 1.77 bits per heavy atom. The molecule has 0 radical (unpaired) electrons. The van der Waals surface area contributed by atoms with Crippen LogP contribution in [0.25, 0.3) is 0 Å². The normalized spacial score (nSPS) is 15.9. The summed E-state index contributed by atoms with van der Waals surface area (Å²) in [6.45, 7) is 0.299. The Labute approximate surface area is 193 Å². The van der Waals surface area contributed by atoms with Gasteiger partial charge in [0, 0.05) is 28.7 Å². The summed E-state index contributed by atoms with van der Waals surface area (Å²) in [6, 6.07) is 8.09. The van der Waals surface area contributed by atoms with Crippen LogP contribution in [0, 0.1) is 0 Å². The van der Waals surface area contributed by atoms with E-state index >= 15 is 0 Å². The molecular formula is C20H17Cl4N3O3. The molecule has 1 fully saturated rings. The van der Waals surface area contributed by atoms with Crippen molar-refractivity contribution in [3.63, 3.8) is 0 Å². The number of rotatable bonds is 5. The number of carbonyl (C=O) groups is 3. The van der Waals surface area contributed by atoms with E-state index in [9.17, 15) is 14.4 Å². The molecule has 1 atom stereocenters. The van der Waals surface area contributed by atoms with E-state index in [1.165, 1.54) is 12.1 Å². The van der Waals surface area contributed by atoms with Gasteiger partial charge in [-0.15, -0.1) is 0 Å². The van der Waals surface area contributed by atoms with Crippen LogP contribution in [-0.4, -0.2) is 35.3 Å². The number of nitrogens with one attached hydrogen (secondary N) is 2. The maximum Gasteiger partial charge on any atom is 0.329 e. The van der Waals surface area contributed by atoms with Gasteiger partial charge < -0.3 is 10.6 Å². The third kappa shape index (κ3) is 5.38. The quantitative estimate of drug-likeness (QED) is 0.608. The molecule has 0 bridgehead atoms. The van der Waals surface area contributed by atoms with E-state index in [-0.39, 0.29) is 17.9 Å². The molecule has 1 heterocycles. The fourth-order valence-corrected chi connectivity index (χ4v) is 3.91. The number of carbonyl (C=O) groups excluding carboxylic acids is 3. The molecule has 30 heavy (non-hydrogen) atoms. The van der Waals surface area contributed by atoms with Crippen LogP contribution in [0.5, 0.6) is 0 Å². The summed E-state index contributed by atoms with van der Waals surface area (Å²) >= 11 is 23.8. The Morgan fingerprint density at radius 1 is 1.00 bits per heavy atom. The predicted molar refractivity (Wildman–Crippen MR) is 119 cm³/mol. The average Bonchev–Trinajstić information content (AvgIpc) is 3.08. The zero-order valence-electron chi connectivity index (χ0n) is 15.6. The highest BCUT2D eigenvalue weighted by molar-refractivity contribution is 6.42. The van der Waals surface area contributed by atoms with Gasteiger partial charge in [-0.1, -0.05) is 52.5 Å². The lowest BCUT2D eigenvalue weighted by Crippen LogP contribution is -2.49. The van der Waals surface area contributed by atoms with E-state index < -0.39 is 23.9 Å². The maximum absolute atomic E-state index is 12.6. The van der Waals surface area contributed by atoms with Gasteiger partial charge in [-0.25, -0.2) is 4.79 Å². The van der Waals surface area contributed by atoms with E-state index in [4.69, 9.17) is 46.4 Å². The zero-order valence-corrected chi connectivity index (χ0v) is 18.6. The Hall–Kier alpha value is -1.99. The van der Waals surface area contributed by atoms with Gasteiger partial charge in [-0.2, -0.15) is 0 Å². The molecule has 6 nitrogen and oxygen atoms in total. The third-order valence-electron chi connectivity index (χ3n) is 4.61. The van der Waals surface area contributed by atoms with Crippen molar-refractivity contribution in [1.29, 1.82) is 0 Å². The highest BCUT2D eigenvalue weighted by Crippen LogP contribution is 2.26. The highest BCUT2D eigenvalue weighted by atomic mass is 35.5.